The van der Waals surface area contributed by atoms with Crippen LogP contribution in [0.25, 0.3) is 0 Å². The number of benzene rings is 2. The van der Waals surface area contributed by atoms with Crippen LogP contribution in [0.5, 0.6) is 0 Å². The van der Waals surface area contributed by atoms with Crippen molar-refractivity contribution in [3.63, 3.8) is 0 Å². The molecule has 0 saturated heterocycles. The lowest BCUT2D eigenvalue weighted by molar-refractivity contribution is -0.383. The Morgan fingerprint density at radius 2 is 1.82 bits per heavy atom. The zero-order valence-corrected chi connectivity index (χ0v) is 15.9. The first kappa shape index (κ1) is 21.3. The van der Waals surface area contributed by atoms with Crippen LogP contribution in [0.15, 0.2) is 47.4 Å². The summed E-state index contributed by atoms with van der Waals surface area (Å²) in [6.07, 6.45) is 0. The Bertz CT molecular complexity index is 1020. The van der Waals surface area contributed by atoms with Gasteiger partial charge in [0.25, 0.3) is 11.6 Å². The van der Waals surface area contributed by atoms with Crippen molar-refractivity contribution in [1.29, 1.82) is 0 Å². The minimum atomic E-state index is -3.65. The topological polar surface area (TPSA) is 145 Å². The Hall–Kier alpha value is -3.02. The molecule has 0 saturated carbocycles. The summed E-state index contributed by atoms with van der Waals surface area (Å²) < 4.78 is 30.2. The molecule has 0 fully saturated rings. The smallest absolute Gasteiger partial charge is 0.338 e. The number of amides is 1. The molecule has 0 radical (unpaired) electrons. The van der Waals surface area contributed by atoms with Gasteiger partial charge in [0.15, 0.2) is 6.61 Å². The largest absolute Gasteiger partial charge is 0.452 e. The van der Waals surface area contributed by atoms with Crippen molar-refractivity contribution in [2.24, 2.45) is 0 Å². The zero-order valence-electron chi connectivity index (χ0n) is 14.3. The molecule has 0 spiro atoms. The Labute approximate surface area is 164 Å². The number of carbonyl (C=O) groups excluding carboxylic acids is 2. The molecule has 0 atom stereocenters. The van der Waals surface area contributed by atoms with Gasteiger partial charge in [-0.15, -0.1) is 0 Å². The highest BCUT2D eigenvalue weighted by molar-refractivity contribution is 7.89. The third-order valence-electron chi connectivity index (χ3n) is 3.43. The lowest BCUT2D eigenvalue weighted by atomic mass is 10.2. The highest BCUT2D eigenvalue weighted by Crippen LogP contribution is 2.27. The first-order valence-corrected chi connectivity index (χ1v) is 9.44. The van der Waals surface area contributed by atoms with E-state index in [0.717, 1.165) is 6.07 Å². The molecule has 0 aromatic heterocycles. The average molecular weight is 428 g/mol. The molecule has 10 nitrogen and oxygen atoms in total. The van der Waals surface area contributed by atoms with E-state index < -0.39 is 39.1 Å². The number of esters is 1. The zero-order chi connectivity index (χ0) is 20.9. The Balaban J connectivity index is 2.00. The van der Waals surface area contributed by atoms with E-state index >= 15 is 0 Å². The predicted molar refractivity (Wildman–Crippen MR) is 99.7 cm³/mol. The highest BCUT2D eigenvalue weighted by atomic mass is 35.5. The monoisotopic (exact) mass is 427 g/mol. The average Bonchev–Trinajstić information content (AvgIpc) is 2.67. The quantitative estimate of drug-likeness (QED) is 0.390. The fourth-order valence-corrected chi connectivity index (χ4v) is 2.95. The number of hydrogen-bond acceptors (Lipinski definition) is 7. The third kappa shape index (κ3) is 5.25. The number of anilines is 1. The standard InChI is InChI=1S/C16H14ClN3O7S/c1-18-28(25,26)12-5-2-10(3-6-12)16(22)27-9-15(21)19-13-7-4-11(17)8-14(13)20(23)24/h2-8,18H,9H2,1H3,(H,19,21). The molecule has 2 aromatic rings. The molecule has 2 aromatic carbocycles. The molecule has 0 aliphatic carbocycles. The summed E-state index contributed by atoms with van der Waals surface area (Å²) in [5, 5.41) is 13.4. The molecule has 1 amide bonds. The summed E-state index contributed by atoms with van der Waals surface area (Å²) in [5.41, 5.74) is -0.481. The van der Waals surface area contributed by atoms with Crippen LogP contribution in [0.3, 0.4) is 0 Å². The van der Waals surface area contributed by atoms with E-state index in [4.69, 9.17) is 16.3 Å². The van der Waals surface area contributed by atoms with Crippen molar-refractivity contribution >= 4 is 44.9 Å². The summed E-state index contributed by atoms with van der Waals surface area (Å²) in [7, 11) is -2.39. The molecule has 0 aliphatic heterocycles. The van der Waals surface area contributed by atoms with Crippen LogP contribution < -0.4 is 10.0 Å². The SMILES string of the molecule is CNS(=O)(=O)c1ccc(C(=O)OCC(=O)Nc2ccc(Cl)cc2[N+](=O)[O-])cc1. The van der Waals surface area contributed by atoms with E-state index in [9.17, 15) is 28.1 Å². The van der Waals surface area contributed by atoms with Gasteiger partial charge < -0.3 is 10.1 Å². The molecule has 2 N–H and O–H groups in total. The van der Waals surface area contributed by atoms with Crippen LogP contribution in [0.2, 0.25) is 5.02 Å². The molecule has 0 unspecified atom stereocenters. The van der Waals surface area contributed by atoms with Crippen LogP contribution in [-0.4, -0.2) is 38.9 Å². The van der Waals surface area contributed by atoms with E-state index in [1.54, 1.807) is 0 Å². The molecule has 0 aliphatic rings. The van der Waals surface area contributed by atoms with E-state index in [0.29, 0.717) is 0 Å². The number of hydrogen-bond donors (Lipinski definition) is 2. The first-order chi connectivity index (χ1) is 13.1. The van der Waals surface area contributed by atoms with E-state index in [1.807, 2.05) is 0 Å². The summed E-state index contributed by atoms with van der Waals surface area (Å²) in [6, 6.07) is 8.56. The van der Waals surface area contributed by atoms with Crippen LogP contribution in [0.4, 0.5) is 11.4 Å². The number of halogens is 1. The summed E-state index contributed by atoms with van der Waals surface area (Å²) >= 11 is 5.69. The molecule has 148 valence electrons. The van der Waals surface area contributed by atoms with Gasteiger partial charge >= 0.3 is 5.97 Å². The van der Waals surface area contributed by atoms with Gasteiger partial charge in [-0.1, -0.05) is 11.6 Å². The Morgan fingerprint density at radius 3 is 2.39 bits per heavy atom. The fraction of sp³-hybridized carbons (Fsp3) is 0.125. The second kappa shape index (κ2) is 8.78. The number of nitro groups is 1. The maximum atomic E-state index is 12.0. The van der Waals surface area contributed by atoms with Gasteiger partial charge in [0.2, 0.25) is 10.0 Å². The molecule has 0 bridgehead atoms. The predicted octanol–water partition coefficient (Wildman–Crippen LogP) is 1.95. The van der Waals surface area contributed by atoms with E-state index in [2.05, 4.69) is 10.0 Å². The minimum Gasteiger partial charge on any atom is -0.452 e. The van der Waals surface area contributed by atoms with Gasteiger partial charge in [-0.2, -0.15) is 0 Å². The first-order valence-electron chi connectivity index (χ1n) is 7.58. The van der Waals surface area contributed by atoms with Gasteiger partial charge in [-0.3, -0.25) is 14.9 Å². The Morgan fingerprint density at radius 1 is 1.18 bits per heavy atom. The maximum Gasteiger partial charge on any atom is 0.338 e. The minimum absolute atomic E-state index is 0.0281. The van der Waals surface area contributed by atoms with Gasteiger partial charge in [0.05, 0.1) is 15.4 Å². The molecule has 2 rings (SSSR count). The van der Waals surface area contributed by atoms with Crippen molar-refractivity contribution in [1.82, 2.24) is 4.72 Å². The molecule has 28 heavy (non-hydrogen) atoms. The lowest BCUT2D eigenvalue weighted by Gasteiger charge is -2.08. The molecule has 0 heterocycles. The van der Waals surface area contributed by atoms with Crippen molar-refractivity contribution in [2.75, 3.05) is 19.0 Å². The van der Waals surface area contributed by atoms with Gasteiger partial charge in [0, 0.05) is 11.1 Å². The lowest BCUT2D eigenvalue weighted by Crippen LogP contribution is -2.21. The number of carbonyl (C=O) groups is 2. The van der Waals surface area contributed by atoms with Crippen LogP contribution in [0, 0.1) is 10.1 Å². The number of sulfonamides is 1. The third-order valence-corrected chi connectivity index (χ3v) is 5.10. The second-order valence-corrected chi connectivity index (χ2v) is 7.60. The summed E-state index contributed by atoms with van der Waals surface area (Å²) in [5.74, 6) is -1.66. The number of rotatable bonds is 7. The maximum absolute atomic E-state index is 12.0. The number of nitrogens with one attached hydrogen (secondary N) is 2. The van der Waals surface area contributed by atoms with Crippen molar-refractivity contribution in [3.05, 3.63) is 63.2 Å². The van der Waals surface area contributed by atoms with Gasteiger partial charge in [0.1, 0.15) is 5.69 Å². The van der Waals surface area contributed by atoms with Crippen LogP contribution >= 0.6 is 11.6 Å². The number of nitro benzene ring substituents is 1. The van der Waals surface area contributed by atoms with Crippen LogP contribution in [0.1, 0.15) is 10.4 Å². The van der Waals surface area contributed by atoms with E-state index in [-0.39, 0.29) is 21.2 Å². The summed E-state index contributed by atoms with van der Waals surface area (Å²) in [6.45, 7) is -0.699. The van der Waals surface area contributed by atoms with Crippen LogP contribution in [-0.2, 0) is 19.6 Å². The second-order valence-electron chi connectivity index (χ2n) is 5.27. The molecule has 12 heteroatoms. The van der Waals surface area contributed by atoms with Gasteiger partial charge in [-0.05, 0) is 43.4 Å². The summed E-state index contributed by atoms with van der Waals surface area (Å²) in [4.78, 5) is 34.1. The number of ether oxygens (including phenoxy) is 1. The van der Waals surface area contributed by atoms with Crippen molar-refractivity contribution in [2.45, 2.75) is 4.90 Å². The molecular formula is C16H14ClN3O7S. The highest BCUT2D eigenvalue weighted by Gasteiger charge is 2.18. The number of nitrogens with zero attached hydrogens (tertiary/aromatic N) is 1. The van der Waals surface area contributed by atoms with E-state index in [1.165, 1.54) is 43.4 Å². The fourth-order valence-electron chi connectivity index (χ4n) is 2.05. The van der Waals surface area contributed by atoms with Crippen molar-refractivity contribution < 1.29 is 27.7 Å². The normalized spacial score (nSPS) is 10.9. The molecular weight excluding hydrogens is 414 g/mol. The van der Waals surface area contributed by atoms with Crippen molar-refractivity contribution in [3.8, 4) is 0 Å². The van der Waals surface area contributed by atoms with Gasteiger partial charge in [-0.25, -0.2) is 17.9 Å². The Kier molecular flexibility index (Phi) is 6.67.